The molecule has 5 heteroatoms. The third-order valence-corrected chi connectivity index (χ3v) is 3.21. The zero-order chi connectivity index (χ0) is 13.7. The molecule has 0 fully saturated rings. The zero-order valence-electron chi connectivity index (χ0n) is 11.2. The van der Waals surface area contributed by atoms with E-state index in [4.69, 9.17) is 16.3 Å². The molecule has 0 atom stereocenters. The fraction of sp³-hybridized carbons (Fsp3) is 0.357. The predicted octanol–water partition coefficient (Wildman–Crippen LogP) is 2.41. The van der Waals surface area contributed by atoms with Crippen LogP contribution in [0.5, 0.6) is 5.75 Å². The molecule has 0 unspecified atom stereocenters. The molecule has 102 valence electrons. The fourth-order valence-electron chi connectivity index (χ4n) is 1.89. The van der Waals surface area contributed by atoms with E-state index in [1.54, 1.807) is 6.20 Å². The van der Waals surface area contributed by atoms with Crippen molar-refractivity contribution in [1.82, 2.24) is 15.1 Å². The molecule has 1 aromatic heterocycles. The van der Waals surface area contributed by atoms with E-state index in [0.29, 0.717) is 11.6 Å². The minimum Gasteiger partial charge on any atom is -0.492 e. The maximum absolute atomic E-state index is 6.19. The summed E-state index contributed by atoms with van der Waals surface area (Å²) in [4.78, 5) is 0. The molecule has 0 bridgehead atoms. The Morgan fingerprint density at radius 2 is 2.21 bits per heavy atom. The molecular weight excluding hydrogens is 262 g/mol. The molecule has 4 nitrogen and oxygen atoms in total. The Labute approximate surface area is 118 Å². The van der Waals surface area contributed by atoms with Gasteiger partial charge in [0, 0.05) is 31.9 Å². The van der Waals surface area contributed by atoms with Crippen LogP contribution in [0.4, 0.5) is 0 Å². The van der Waals surface area contributed by atoms with E-state index in [1.165, 1.54) is 0 Å². The third-order valence-electron chi connectivity index (χ3n) is 2.92. The summed E-state index contributed by atoms with van der Waals surface area (Å²) in [5.74, 6) is 0.726. The molecule has 0 aliphatic carbocycles. The van der Waals surface area contributed by atoms with E-state index in [-0.39, 0.29) is 0 Å². The minimum atomic E-state index is 0.588. The molecule has 0 radical (unpaired) electrons. The van der Waals surface area contributed by atoms with Gasteiger partial charge in [0.2, 0.25) is 0 Å². The van der Waals surface area contributed by atoms with Crippen LogP contribution in [0.15, 0.2) is 30.5 Å². The summed E-state index contributed by atoms with van der Waals surface area (Å²) in [7, 11) is 3.83. The van der Waals surface area contributed by atoms with E-state index in [2.05, 4.69) is 10.4 Å². The molecule has 0 spiro atoms. The smallest absolute Gasteiger partial charge is 0.137 e. The normalized spacial score (nSPS) is 10.7. The number of ether oxygens (including phenoxy) is 1. The van der Waals surface area contributed by atoms with Crippen LogP contribution < -0.4 is 10.1 Å². The van der Waals surface area contributed by atoms with Gasteiger partial charge in [0.25, 0.3) is 0 Å². The largest absolute Gasteiger partial charge is 0.492 e. The van der Waals surface area contributed by atoms with Crippen LogP contribution in [0.2, 0.25) is 5.02 Å². The lowest BCUT2D eigenvalue weighted by molar-refractivity contribution is 0.318. The Hall–Kier alpha value is -1.52. The Morgan fingerprint density at radius 3 is 2.84 bits per heavy atom. The molecule has 0 aliphatic rings. The number of benzene rings is 1. The summed E-state index contributed by atoms with van der Waals surface area (Å²) in [5.41, 5.74) is 2.29. The van der Waals surface area contributed by atoms with Crippen LogP contribution in [-0.4, -0.2) is 23.4 Å². The molecule has 2 aromatic rings. The predicted molar refractivity (Wildman–Crippen MR) is 76.6 cm³/mol. The zero-order valence-corrected chi connectivity index (χ0v) is 11.9. The van der Waals surface area contributed by atoms with Gasteiger partial charge in [-0.3, -0.25) is 4.68 Å². The van der Waals surface area contributed by atoms with Gasteiger partial charge in [-0.1, -0.05) is 17.7 Å². The molecular formula is C14H18ClN3O. The van der Waals surface area contributed by atoms with Gasteiger partial charge in [0.05, 0.1) is 11.6 Å². The summed E-state index contributed by atoms with van der Waals surface area (Å²) in [5, 5.41) is 7.86. The van der Waals surface area contributed by atoms with E-state index in [0.717, 1.165) is 30.0 Å². The van der Waals surface area contributed by atoms with Gasteiger partial charge >= 0.3 is 0 Å². The summed E-state index contributed by atoms with van der Waals surface area (Å²) < 4.78 is 7.55. The SMILES string of the molecule is CNCc1ccc(OCCc2ccnn2C)c(Cl)c1. The van der Waals surface area contributed by atoms with Crippen LogP contribution in [0.1, 0.15) is 11.3 Å². The van der Waals surface area contributed by atoms with Gasteiger partial charge in [-0.05, 0) is 30.8 Å². The quantitative estimate of drug-likeness (QED) is 0.883. The topological polar surface area (TPSA) is 39.1 Å². The molecule has 1 N–H and O–H groups in total. The van der Waals surface area contributed by atoms with Crippen LogP contribution >= 0.6 is 11.6 Å². The second-order valence-corrected chi connectivity index (χ2v) is 4.75. The van der Waals surface area contributed by atoms with E-state index in [9.17, 15) is 0 Å². The van der Waals surface area contributed by atoms with Crippen molar-refractivity contribution in [3.05, 3.63) is 46.7 Å². The number of hydrogen-bond acceptors (Lipinski definition) is 3. The number of aromatic nitrogens is 2. The number of aryl methyl sites for hydroxylation is 1. The highest BCUT2D eigenvalue weighted by atomic mass is 35.5. The average molecular weight is 280 g/mol. The first-order chi connectivity index (χ1) is 9.20. The molecule has 0 amide bonds. The number of nitrogens with zero attached hydrogens (tertiary/aromatic N) is 2. The second-order valence-electron chi connectivity index (χ2n) is 4.34. The molecule has 0 saturated carbocycles. The Bertz CT molecular complexity index is 539. The Morgan fingerprint density at radius 1 is 1.37 bits per heavy atom. The number of rotatable bonds is 6. The van der Waals surface area contributed by atoms with Crippen molar-refractivity contribution >= 4 is 11.6 Å². The van der Waals surface area contributed by atoms with Gasteiger partial charge < -0.3 is 10.1 Å². The molecule has 2 rings (SSSR count). The van der Waals surface area contributed by atoms with Crippen LogP contribution in [-0.2, 0) is 20.0 Å². The monoisotopic (exact) mass is 279 g/mol. The average Bonchev–Trinajstić information content (AvgIpc) is 2.78. The first-order valence-electron chi connectivity index (χ1n) is 6.23. The molecule has 19 heavy (non-hydrogen) atoms. The van der Waals surface area contributed by atoms with Crippen molar-refractivity contribution < 1.29 is 4.74 Å². The van der Waals surface area contributed by atoms with Crippen LogP contribution in [0, 0.1) is 0 Å². The second kappa shape index (κ2) is 6.59. The van der Waals surface area contributed by atoms with Gasteiger partial charge in [0.1, 0.15) is 5.75 Å². The fourth-order valence-corrected chi connectivity index (χ4v) is 2.15. The lowest BCUT2D eigenvalue weighted by Crippen LogP contribution is -2.07. The molecule has 0 aliphatic heterocycles. The summed E-state index contributed by atoms with van der Waals surface area (Å²) in [6.45, 7) is 1.39. The van der Waals surface area contributed by atoms with E-state index >= 15 is 0 Å². The number of nitrogens with one attached hydrogen (secondary N) is 1. The highest BCUT2D eigenvalue weighted by Gasteiger charge is 2.04. The molecule has 1 heterocycles. The summed E-state index contributed by atoms with van der Waals surface area (Å²) in [6.07, 6.45) is 2.60. The van der Waals surface area contributed by atoms with Crippen molar-refractivity contribution in [3.63, 3.8) is 0 Å². The summed E-state index contributed by atoms with van der Waals surface area (Å²) >= 11 is 6.19. The third kappa shape index (κ3) is 3.72. The molecule has 1 aromatic carbocycles. The molecule has 0 saturated heterocycles. The van der Waals surface area contributed by atoms with Gasteiger partial charge in [-0.25, -0.2) is 0 Å². The maximum atomic E-state index is 6.19. The van der Waals surface area contributed by atoms with Crippen LogP contribution in [0.3, 0.4) is 0 Å². The Balaban J connectivity index is 1.91. The van der Waals surface area contributed by atoms with Crippen LogP contribution in [0.25, 0.3) is 0 Å². The van der Waals surface area contributed by atoms with Gasteiger partial charge in [-0.2, -0.15) is 5.10 Å². The van der Waals surface area contributed by atoms with E-state index < -0.39 is 0 Å². The van der Waals surface area contributed by atoms with Crippen molar-refractivity contribution in [2.24, 2.45) is 7.05 Å². The standard InChI is InChI=1S/C14H18ClN3O/c1-16-10-11-3-4-14(13(15)9-11)19-8-6-12-5-7-17-18(12)2/h3-5,7,9,16H,6,8,10H2,1-2H3. The summed E-state index contributed by atoms with van der Waals surface area (Å²) in [6, 6.07) is 7.85. The van der Waals surface area contributed by atoms with Crippen molar-refractivity contribution in [2.45, 2.75) is 13.0 Å². The number of halogens is 1. The lowest BCUT2D eigenvalue weighted by Gasteiger charge is -2.09. The highest BCUT2D eigenvalue weighted by molar-refractivity contribution is 6.32. The van der Waals surface area contributed by atoms with Gasteiger partial charge in [0.15, 0.2) is 0 Å². The first-order valence-corrected chi connectivity index (χ1v) is 6.61. The number of hydrogen-bond donors (Lipinski definition) is 1. The van der Waals surface area contributed by atoms with Crippen molar-refractivity contribution in [3.8, 4) is 5.75 Å². The maximum Gasteiger partial charge on any atom is 0.137 e. The Kier molecular flexibility index (Phi) is 4.82. The lowest BCUT2D eigenvalue weighted by atomic mass is 10.2. The minimum absolute atomic E-state index is 0.588. The van der Waals surface area contributed by atoms with Crippen molar-refractivity contribution in [1.29, 1.82) is 0 Å². The first kappa shape index (κ1) is 13.9. The highest BCUT2D eigenvalue weighted by Crippen LogP contribution is 2.25. The van der Waals surface area contributed by atoms with Gasteiger partial charge in [-0.15, -0.1) is 0 Å². The van der Waals surface area contributed by atoms with Crippen molar-refractivity contribution in [2.75, 3.05) is 13.7 Å². The van der Waals surface area contributed by atoms with E-state index in [1.807, 2.05) is 43.0 Å².